The van der Waals surface area contributed by atoms with E-state index in [4.69, 9.17) is 5.11 Å². The molecule has 21 heavy (non-hydrogen) atoms. The molecule has 2 aromatic heterocycles. The Kier molecular flexibility index (Phi) is 2.79. The van der Waals surface area contributed by atoms with Crippen LogP contribution in [0.4, 0.5) is 9.93 Å². The Morgan fingerprint density at radius 2 is 2.33 bits per heavy atom. The van der Waals surface area contributed by atoms with Gasteiger partial charge in [0.1, 0.15) is 5.52 Å². The maximum absolute atomic E-state index is 11.8. The van der Waals surface area contributed by atoms with Crippen LogP contribution in [0.15, 0.2) is 18.5 Å². The first-order valence-electron chi connectivity index (χ1n) is 6.68. The highest BCUT2D eigenvalue weighted by atomic mass is 32.1. The van der Waals surface area contributed by atoms with Crippen LogP contribution in [0.5, 0.6) is 0 Å². The number of aromatic nitrogens is 3. The van der Waals surface area contributed by atoms with Crippen molar-refractivity contribution in [2.75, 3.05) is 24.6 Å². The molecule has 0 bridgehead atoms. The summed E-state index contributed by atoms with van der Waals surface area (Å²) in [6, 6.07) is 3.81. The number of hydrogen-bond acceptors (Lipinski definition) is 5. The van der Waals surface area contributed by atoms with Gasteiger partial charge in [-0.3, -0.25) is 4.90 Å². The normalized spacial score (nSPS) is 15.3. The van der Waals surface area contributed by atoms with E-state index >= 15 is 0 Å². The zero-order chi connectivity index (χ0) is 14.4. The van der Waals surface area contributed by atoms with Gasteiger partial charge in [-0.15, -0.1) is 0 Å². The summed E-state index contributed by atoms with van der Waals surface area (Å²) >= 11 is 1.49. The van der Waals surface area contributed by atoms with Crippen molar-refractivity contribution in [1.29, 1.82) is 0 Å². The first kappa shape index (κ1) is 12.5. The minimum absolute atomic E-state index is 0.0490. The summed E-state index contributed by atoms with van der Waals surface area (Å²) in [4.78, 5) is 22.4. The molecule has 4 rings (SSSR count). The van der Waals surface area contributed by atoms with Crippen LogP contribution in [0.25, 0.3) is 21.3 Å². The van der Waals surface area contributed by atoms with Crippen molar-refractivity contribution in [2.45, 2.75) is 6.54 Å². The van der Waals surface area contributed by atoms with E-state index in [1.807, 2.05) is 16.7 Å². The molecule has 0 saturated carbocycles. The summed E-state index contributed by atoms with van der Waals surface area (Å²) < 4.78 is 2.91. The quantitative estimate of drug-likeness (QED) is 0.761. The van der Waals surface area contributed by atoms with Gasteiger partial charge in [0.15, 0.2) is 5.13 Å². The summed E-state index contributed by atoms with van der Waals surface area (Å²) in [6.45, 7) is 1.81. The van der Waals surface area contributed by atoms with Gasteiger partial charge in [0.25, 0.3) is 0 Å². The number of rotatable bonds is 3. The number of nitrogens with one attached hydrogen (secondary N) is 1. The maximum Gasteiger partial charge on any atom is 0.323 e. The molecule has 0 spiro atoms. The summed E-state index contributed by atoms with van der Waals surface area (Å²) in [6.07, 6.45) is 1.71. The SMILES string of the molecule is O=C1NCCN1c1nc2c(ccc3ncn(CCO)c32)s1. The fourth-order valence-corrected chi connectivity index (χ4v) is 3.57. The molecule has 3 aromatic rings. The number of thiazole rings is 1. The molecule has 1 aromatic carbocycles. The third kappa shape index (κ3) is 1.87. The number of benzene rings is 1. The van der Waals surface area contributed by atoms with Crippen LogP contribution < -0.4 is 10.2 Å². The van der Waals surface area contributed by atoms with Crippen LogP contribution in [0.2, 0.25) is 0 Å². The molecular formula is C13H13N5O2S. The molecule has 3 heterocycles. The molecule has 0 atom stereocenters. The lowest BCUT2D eigenvalue weighted by molar-refractivity contribution is 0.252. The van der Waals surface area contributed by atoms with Crippen LogP contribution in [0.1, 0.15) is 0 Å². The Morgan fingerprint density at radius 3 is 3.10 bits per heavy atom. The molecule has 2 N–H and O–H groups in total. The average molecular weight is 303 g/mol. The minimum atomic E-state index is -0.103. The molecule has 108 valence electrons. The number of amides is 2. The second-order valence-electron chi connectivity index (χ2n) is 4.82. The molecule has 8 heteroatoms. The molecular weight excluding hydrogens is 290 g/mol. The number of nitrogens with zero attached hydrogens (tertiary/aromatic N) is 4. The predicted molar refractivity (Wildman–Crippen MR) is 80.7 cm³/mol. The van der Waals surface area contributed by atoms with Gasteiger partial charge in [0.2, 0.25) is 0 Å². The van der Waals surface area contributed by atoms with E-state index < -0.39 is 0 Å². The van der Waals surface area contributed by atoms with Gasteiger partial charge in [0, 0.05) is 19.6 Å². The van der Waals surface area contributed by atoms with E-state index in [0.717, 1.165) is 21.3 Å². The van der Waals surface area contributed by atoms with Crippen LogP contribution in [0.3, 0.4) is 0 Å². The van der Waals surface area contributed by atoms with Gasteiger partial charge in [-0.1, -0.05) is 11.3 Å². The lowest BCUT2D eigenvalue weighted by Gasteiger charge is -2.08. The fraction of sp³-hybridized carbons (Fsp3) is 0.308. The lowest BCUT2D eigenvalue weighted by Crippen LogP contribution is -2.27. The molecule has 7 nitrogen and oxygen atoms in total. The highest BCUT2D eigenvalue weighted by molar-refractivity contribution is 7.22. The Hall–Kier alpha value is -2.19. The van der Waals surface area contributed by atoms with Crippen molar-refractivity contribution in [3.05, 3.63) is 18.5 Å². The summed E-state index contributed by atoms with van der Waals surface area (Å²) in [7, 11) is 0. The summed E-state index contributed by atoms with van der Waals surface area (Å²) in [5, 5.41) is 12.6. The largest absolute Gasteiger partial charge is 0.395 e. The number of carbonyl (C=O) groups is 1. The minimum Gasteiger partial charge on any atom is -0.395 e. The van der Waals surface area contributed by atoms with Crippen molar-refractivity contribution >= 4 is 43.7 Å². The van der Waals surface area contributed by atoms with Crippen LogP contribution in [0, 0.1) is 0 Å². The third-order valence-corrected chi connectivity index (χ3v) is 4.60. The zero-order valence-corrected chi connectivity index (χ0v) is 11.9. The first-order chi connectivity index (χ1) is 10.3. The van der Waals surface area contributed by atoms with Gasteiger partial charge in [0.05, 0.1) is 28.7 Å². The summed E-state index contributed by atoms with van der Waals surface area (Å²) in [5.41, 5.74) is 2.58. The number of aliphatic hydroxyl groups is 1. The monoisotopic (exact) mass is 303 g/mol. The van der Waals surface area contributed by atoms with E-state index in [2.05, 4.69) is 15.3 Å². The molecule has 1 fully saturated rings. The van der Waals surface area contributed by atoms with Gasteiger partial charge < -0.3 is 15.0 Å². The average Bonchev–Trinajstić information content (AvgIpc) is 3.15. The third-order valence-electron chi connectivity index (χ3n) is 3.55. The second-order valence-corrected chi connectivity index (χ2v) is 5.83. The number of imidazole rings is 1. The van der Waals surface area contributed by atoms with Gasteiger partial charge in [-0.2, -0.15) is 0 Å². The van der Waals surface area contributed by atoms with Crippen LogP contribution in [-0.4, -0.2) is 45.4 Å². The van der Waals surface area contributed by atoms with Gasteiger partial charge in [-0.25, -0.2) is 14.8 Å². The zero-order valence-electron chi connectivity index (χ0n) is 11.1. The Balaban J connectivity index is 1.91. The van der Waals surface area contributed by atoms with Gasteiger partial charge >= 0.3 is 6.03 Å². The van der Waals surface area contributed by atoms with Crippen molar-refractivity contribution in [3.63, 3.8) is 0 Å². The smallest absolute Gasteiger partial charge is 0.323 e. The number of carbonyl (C=O) groups excluding carboxylic acids is 1. The predicted octanol–water partition coefficient (Wildman–Crippen LogP) is 1.17. The highest BCUT2D eigenvalue weighted by Crippen LogP contribution is 2.33. The van der Waals surface area contributed by atoms with E-state index in [-0.39, 0.29) is 12.6 Å². The molecule has 0 radical (unpaired) electrons. The van der Waals surface area contributed by atoms with Crippen molar-refractivity contribution in [2.24, 2.45) is 0 Å². The fourth-order valence-electron chi connectivity index (χ4n) is 2.58. The van der Waals surface area contributed by atoms with E-state index in [1.165, 1.54) is 11.3 Å². The second kappa shape index (κ2) is 4.68. The highest BCUT2D eigenvalue weighted by Gasteiger charge is 2.25. The molecule has 1 saturated heterocycles. The Bertz CT molecular complexity index is 840. The molecule has 1 aliphatic rings. The van der Waals surface area contributed by atoms with E-state index in [9.17, 15) is 4.79 Å². The number of hydrogen-bond donors (Lipinski definition) is 2. The van der Waals surface area contributed by atoms with E-state index in [1.54, 1.807) is 11.2 Å². The molecule has 0 aliphatic carbocycles. The Labute approximate surface area is 123 Å². The van der Waals surface area contributed by atoms with Crippen molar-refractivity contribution in [3.8, 4) is 0 Å². The Morgan fingerprint density at radius 1 is 1.43 bits per heavy atom. The topological polar surface area (TPSA) is 83.3 Å². The lowest BCUT2D eigenvalue weighted by atomic mass is 10.3. The number of urea groups is 1. The van der Waals surface area contributed by atoms with Crippen molar-refractivity contribution in [1.82, 2.24) is 19.9 Å². The van der Waals surface area contributed by atoms with Crippen LogP contribution >= 0.6 is 11.3 Å². The van der Waals surface area contributed by atoms with Crippen molar-refractivity contribution < 1.29 is 9.90 Å². The molecule has 2 amide bonds. The van der Waals surface area contributed by atoms with Crippen LogP contribution in [-0.2, 0) is 6.54 Å². The summed E-state index contributed by atoms with van der Waals surface area (Å²) in [5.74, 6) is 0. The first-order valence-corrected chi connectivity index (χ1v) is 7.50. The number of aliphatic hydroxyl groups excluding tert-OH is 1. The molecule has 0 unspecified atom stereocenters. The maximum atomic E-state index is 11.8. The number of fused-ring (bicyclic) bond motifs is 3. The van der Waals surface area contributed by atoms with E-state index in [0.29, 0.717) is 24.8 Å². The molecule has 1 aliphatic heterocycles. The number of anilines is 1. The standard InChI is InChI=1S/C13H13N5O2S/c19-6-5-17-7-15-8-1-2-9-10(11(8)17)16-13(21-9)18-4-3-14-12(18)20/h1-2,7,19H,3-6H2,(H,14,20). The van der Waals surface area contributed by atoms with Gasteiger partial charge in [-0.05, 0) is 12.1 Å².